The Morgan fingerprint density at radius 3 is 2.75 bits per heavy atom. The van der Waals surface area contributed by atoms with Gasteiger partial charge in [0.25, 0.3) is 0 Å². The van der Waals surface area contributed by atoms with Crippen LogP contribution in [0.5, 0.6) is 0 Å². The first-order chi connectivity index (χ1) is 9.61. The highest BCUT2D eigenvalue weighted by molar-refractivity contribution is 6.39. The van der Waals surface area contributed by atoms with E-state index >= 15 is 0 Å². The molecule has 1 atom stereocenters. The summed E-state index contributed by atoms with van der Waals surface area (Å²) in [5.41, 5.74) is 0.459. The smallest absolute Gasteiger partial charge is 0.225 e. The number of amides is 1. The van der Waals surface area contributed by atoms with Crippen LogP contribution in [0.2, 0.25) is 10.0 Å². The van der Waals surface area contributed by atoms with Crippen LogP contribution in [-0.4, -0.2) is 41.7 Å². The third-order valence-corrected chi connectivity index (χ3v) is 4.19. The van der Waals surface area contributed by atoms with E-state index in [1.807, 2.05) is 0 Å². The van der Waals surface area contributed by atoms with Crippen molar-refractivity contribution in [3.8, 4) is 0 Å². The van der Waals surface area contributed by atoms with Crippen molar-refractivity contribution in [2.75, 3.05) is 25.0 Å². The maximum Gasteiger partial charge on any atom is 0.225 e. The van der Waals surface area contributed by atoms with Crippen LogP contribution < -0.4 is 5.32 Å². The molecule has 1 saturated heterocycles. The molecule has 0 spiro atoms. The van der Waals surface area contributed by atoms with Crippen LogP contribution in [-0.2, 0) is 4.79 Å². The van der Waals surface area contributed by atoms with Crippen LogP contribution in [0.1, 0.15) is 19.3 Å². The molecular formula is C14H18Cl2N2O2. The van der Waals surface area contributed by atoms with Gasteiger partial charge in [0.15, 0.2) is 0 Å². The number of para-hydroxylation sites is 1. The van der Waals surface area contributed by atoms with Crippen molar-refractivity contribution in [2.45, 2.75) is 25.3 Å². The van der Waals surface area contributed by atoms with Gasteiger partial charge in [-0.3, -0.25) is 9.69 Å². The minimum atomic E-state index is -0.122. The van der Waals surface area contributed by atoms with Crippen molar-refractivity contribution in [1.29, 1.82) is 0 Å². The predicted octanol–water partition coefficient (Wildman–Crippen LogP) is 2.78. The highest BCUT2D eigenvalue weighted by atomic mass is 35.5. The quantitative estimate of drug-likeness (QED) is 0.878. The SMILES string of the molecule is O=C(CCN1CCCC1CO)Nc1c(Cl)cccc1Cl. The number of hydrogen-bond donors (Lipinski definition) is 2. The van der Waals surface area contributed by atoms with Gasteiger partial charge in [0, 0.05) is 19.0 Å². The van der Waals surface area contributed by atoms with E-state index in [-0.39, 0.29) is 18.6 Å². The Balaban J connectivity index is 1.87. The number of rotatable bonds is 5. The second-order valence-electron chi connectivity index (χ2n) is 4.91. The van der Waals surface area contributed by atoms with Crippen LogP contribution in [0.15, 0.2) is 18.2 Å². The Bertz CT molecular complexity index is 462. The first-order valence-corrected chi connectivity index (χ1v) is 7.46. The maximum atomic E-state index is 12.0. The fraction of sp³-hybridized carbons (Fsp3) is 0.500. The fourth-order valence-electron chi connectivity index (χ4n) is 2.46. The molecule has 1 aliphatic rings. The van der Waals surface area contributed by atoms with Gasteiger partial charge in [0.05, 0.1) is 22.3 Å². The van der Waals surface area contributed by atoms with Gasteiger partial charge >= 0.3 is 0 Å². The lowest BCUT2D eigenvalue weighted by Gasteiger charge is -2.22. The molecule has 2 rings (SSSR count). The average Bonchev–Trinajstić information content (AvgIpc) is 2.88. The van der Waals surface area contributed by atoms with Gasteiger partial charge in [-0.05, 0) is 31.5 Å². The molecule has 2 N–H and O–H groups in total. The van der Waals surface area contributed by atoms with Gasteiger partial charge in [-0.15, -0.1) is 0 Å². The van der Waals surface area contributed by atoms with E-state index in [2.05, 4.69) is 10.2 Å². The Kier molecular flexibility index (Phi) is 5.66. The Labute approximate surface area is 128 Å². The lowest BCUT2D eigenvalue weighted by Crippen LogP contribution is -2.34. The summed E-state index contributed by atoms with van der Waals surface area (Å²) in [6.07, 6.45) is 2.43. The van der Waals surface area contributed by atoms with Crippen LogP contribution in [0.25, 0.3) is 0 Å². The van der Waals surface area contributed by atoms with E-state index in [0.717, 1.165) is 19.4 Å². The summed E-state index contributed by atoms with van der Waals surface area (Å²) in [6, 6.07) is 5.29. The summed E-state index contributed by atoms with van der Waals surface area (Å²) in [4.78, 5) is 14.1. The molecule has 1 heterocycles. The number of aliphatic hydroxyl groups is 1. The number of hydrogen-bond acceptors (Lipinski definition) is 3. The molecular weight excluding hydrogens is 299 g/mol. The van der Waals surface area contributed by atoms with Crippen LogP contribution in [0.3, 0.4) is 0 Å². The lowest BCUT2D eigenvalue weighted by molar-refractivity contribution is -0.116. The molecule has 1 aromatic carbocycles. The zero-order chi connectivity index (χ0) is 14.5. The molecule has 1 amide bonds. The van der Waals surface area contributed by atoms with Gasteiger partial charge in [0.1, 0.15) is 0 Å². The maximum absolute atomic E-state index is 12.0. The normalized spacial score (nSPS) is 19.2. The Morgan fingerprint density at radius 1 is 1.40 bits per heavy atom. The summed E-state index contributed by atoms with van der Waals surface area (Å²) in [5.74, 6) is -0.122. The van der Waals surface area contributed by atoms with E-state index < -0.39 is 0 Å². The van der Waals surface area contributed by atoms with Crippen molar-refractivity contribution in [3.63, 3.8) is 0 Å². The topological polar surface area (TPSA) is 52.6 Å². The van der Waals surface area contributed by atoms with Gasteiger partial charge in [0.2, 0.25) is 5.91 Å². The van der Waals surface area contributed by atoms with E-state index in [4.69, 9.17) is 23.2 Å². The van der Waals surface area contributed by atoms with Crippen molar-refractivity contribution < 1.29 is 9.90 Å². The van der Waals surface area contributed by atoms with Gasteiger partial charge in [-0.2, -0.15) is 0 Å². The van der Waals surface area contributed by atoms with Crippen LogP contribution in [0.4, 0.5) is 5.69 Å². The lowest BCUT2D eigenvalue weighted by atomic mass is 10.2. The molecule has 1 aliphatic heterocycles. The molecule has 0 saturated carbocycles. The summed E-state index contributed by atoms with van der Waals surface area (Å²) in [7, 11) is 0. The number of benzene rings is 1. The third-order valence-electron chi connectivity index (χ3n) is 3.56. The van der Waals surface area contributed by atoms with E-state index in [1.165, 1.54) is 0 Å². The Morgan fingerprint density at radius 2 is 2.10 bits per heavy atom. The molecule has 20 heavy (non-hydrogen) atoms. The summed E-state index contributed by atoms with van der Waals surface area (Å²) in [6.45, 7) is 1.72. The number of likely N-dealkylation sites (tertiary alicyclic amines) is 1. The van der Waals surface area contributed by atoms with E-state index in [1.54, 1.807) is 18.2 Å². The largest absolute Gasteiger partial charge is 0.395 e. The molecule has 6 heteroatoms. The van der Waals surface area contributed by atoms with Gasteiger partial charge in [-0.1, -0.05) is 29.3 Å². The molecule has 0 aromatic heterocycles. The molecule has 4 nitrogen and oxygen atoms in total. The molecule has 110 valence electrons. The summed E-state index contributed by atoms with van der Waals surface area (Å²) < 4.78 is 0. The zero-order valence-electron chi connectivity index (χ0n) is 11.1. The summed E-state index contributed by atoms with van der Waals surface area (Å²) in [5, 5.41) is 12.8. The second kappa shape index (κ2) is 7.27. The molecule has 1 unspecified atom stereocenters. The van der Waals surface area contributed by atoms with Crippen molar-refractivity contribution in [2.24, 2.45) is 0 Å². The third kappa shape index (κ3) is 3.85. The fourth-order valence-corrected chi connectivity index (χ4v) is 2.95. The monoisotopic (exact) mass is 316 g/mol. The number of carbonyl (C=O) groups is 1. The average molecular weight is 317 g/mol. The first-order valence-electron chi connectivity index (χ1n) is 6.70. The van der Waals surface area contributed by atoms with Gasteiger partial charge < -0.3 is 10.4 Å². The summed E-state index contributed by atoms with van der Waals surface area (Å²) >= 11 is 12.0. The molecule has 0 aliphatic carbocycles. The minimum Gasteiger partial charge on any atom is -0.395 e. The van der Waals surface area contributed by atoms with Crippen molar-refractivity contribution in [3.05, 3.63) is 28.2 Å². The van der Waals surface area contributed by atoms with Crippen molar-refractivity contribution in [1.82, 2.24) is 4.90 Å². The zero-order valence-corrected chi connectivity index (χ0v) is 12.6. The molecule has 1 fully saturated rings. The highest BCUT2D eigenvalue weighted by Gasteiger charge is 2.23. The molecule has 0 radical (unpaired) electrons. The number of anilines is 1. The van der Waals surface area contributed by atoms with E-state index in [9.17, 15) is 9.90 Å². The number of carbonyl (C=O) groups excluding carboxylic acids is 1. The van der Waals surface area contributed by atoms with Crippen LogP contribution >= 0.6 is 23.2 Å². The van der Waals surface area contributed by atoms with Crippen LogP contribution in [0, 0.1) is 0 Å². The predicted molar refractivity (Wildman–Crippen MR) is 81.4 cm³/mol. The Hall–Kier alpha value is -0.810. The number of aliphatic hydroxyl groups excluding tert-OH is 1. The number of nitrogens with zero attached hydrogens (tertiary/aromatic N) is 1. The minimum absolute atomic E-state index is 0.122. The second-order valence-corrected chi connectivity index (χ2v) is 5.72. The molecule has 0 bridgehead atoms. The standard InChI is InChI=1S/C14H18Cl2N2O2/c15-11-4-1-5-12(16)14(11)17-13(20)6-8-18-7-2-3-10(18)9-19/h1,4-5,10,19H,2-3,6-9H2,(H,17,20). The van der Waals surface area contributed by atoms with E-state index in [0.29, 0.717) is 28.7 Å². The van der Waals surface area contributed by atoms with Gasteiger partial charge in [-0.25, -0.2) is 0 Å². The number of nitrogens with one attached hydrogen (secondary N) is 1. The highest BCUT2D eigenvalue weighted by Crippen LogP contribution is 2.29. The molecule has 1 aromatic rings. The first kappa shape index (κ1) is 15.6. The number of halogens is 2. The van der Waals surface area contributed by atoms with Crippen molar-refractivity contribution >= 4 is 34.8 Å².